The molecule has 1 atom stereocenters. The third-order valence-corrected chi connectivity index (χ3v) is 16.8. The van der Waals surface area contributed by atoms with Gasteiger partial charge in [-0.3, -0.25) is 9.69 Å². The Morgan fingerprint density at radius 1 is 0.908 bits per heavy atom. The quantitative estimate of drug-likeness (QED) is 0.0479. The van der Waals surface area contributed by atoms with Crippen molar-refractivity contribution in [2.75, 3.05) is 18.1 Å². The zero-order valence-corrected chi connectivity index (χ0v) is 40.1. The number of nitrogens with zero attached hydrogens (tertiary/aromatic N) is 1. The number of nitrogens with one attached hydrogen (secondary N) is 3. The molecular formula is C52H66N4O8Si. The highest BCUT2D eigenvalue weighted by Crippen LogP contribution is 2.41. The first-order chi connectivity index (χ1) is 30.8. The van der Waals surface area contributed by atoms with E-state index in [0.29, 0.717) is 63.0 Å². The van der Waals surface area contributed by atoms with Gasteiger partial charge in [0.1, 0.15) is 17.1 Å². The van der Waals surface area contributed by atoms with Gasteiger partial charge >= 0.3 is 12.2 Å². The number of rotatable bonds is 16. The van der Waals surface area contributed by atoms with Gasteiger partial charge in [0.15, 0.2) is 8.32 Å². The molecule has 5 N–H and O–H groups in total. The SMILES string of the molecule is CC(C)(C)OC(=O)NC1CCC(N(C(=O)O)c2ccc(/C=C/CCOc3ccc(CNC[C@@H](O[Si](C)(C)C(C)(C)C)c4ccc(O)c5[nH]c(=O)ccc45)cc3)cc2-c2ccccc2)CC1. The number of phenolic OH excluding ortho intramolecular Hbond substituents is 1. The van der Waals surface area contributed by atoms with Crippen LogP contribution in [0.25, 0.3) is 28.1 Å². The molecule has 0 saturated heterocycles. The number of aromatic nitrogens is 1. The van der Waals surface area contributed by atoms with Crippen molar-refractivity contribution in [2.24, 2.45) is 0 Å². The van der Waals surface area contributed by atoms with Crippen LogP contribution in [0.4, 0.5) is 15.3 Å². The van der Waals surface area contributed by atoms with Crippen LogP contribution >= 0.6 is 0 Å². The Hall–Kier alpha value is -5.89. The number of carbonyl (C=O) groups is 2. The topological polar surface area (TPSA) is 162 Å². The summed E-state index contributed by atoms with van der Waals surface area (Å²) in [6, 6.07) is 30.2. The van der Waals surface area contributed by atoms with E-state index in [-0.39, 0.29) is 34.5 Å². The minimum atomic E-state index is -2.21. The van der Waals surface area contributed by atoms with Crippen molar-refractivity contribution in [3.8, 4) is 22.6 Å². The second-order valence-electron chi connectivity index (χ2n) is 19.4. The predicted molar refractivity (Wildman–Crippen MR) is 262 cm³/mol. The molecule has 0 bridgehead atoms. The lowest BCUT2D eigenvalue weighted by atomic mass is 9.89. The molecule has 1 heterocycles. The van der Waals surface area contributed by atoms with Crippen molar-refractivity contribution in [1.29, 1.82) is 0 Å². The molecule has 0 spiro atoms. The first-order valence-corrected chi connectivity index (χ1v) is 25.5. The molecule has 4 aromatic carbocycles. The Labute approximate surface area is 384 Å². The fourth-order valence-corrected chi connectivity index (χ4v) is 9.20. The number of phenols is 1. The molecule has 1 fully saturated rings. The highest BCUT2D eigenvalue weighted by molar-refractivity contribution is 6.74. The summed E-state index contributed by atoms with van der Waals surface area (Å²) < 4.78 is 18.5. The Balaban J connectivity index is 1.05. The van der Waals surface area contributed by atoms with Crippen LogP contribution in [0, 0.1) is 0 Å². The standard InChI is InChI=1S/C52H66N4O8Si/c1-51(2,3)63-49(59)54-38-20-22-39(23-21-38)56(50(60)61)44-28-19-35(32-43(44)37-15-10-9-11-16-37)14-12-13-31-62-40-24-17-36(18-25-40)33-53-34-46(64-65(7,8)52(4,5)6)41-26-29-45(57)48-42(41)27-30-47(58)55-48/h9-12,14-19,24-30,32,38-39,46,53,57H,13,20-23,31,33-34H2,1-8H3,(H,54,59)(H,55,58)(H,60,61)/b14-12+/t38?,39?,46-/m1/s1. The van der Waals surface area contributed by atoms with E-state index in [2.05, 4.69) is 55.6 Å². The lowest BCUT2D eigenvalue weighted by molar-refractivity contribution is 0.0490. The highest BCUT2D eigenvalue weighted by atomic mass is 28.4. The molecule has 5 aromatic rings. The summed E-state index contributed by atoms with van der Waals surface area (Å²) in [6.45, 7) is 18.2. The summed E-state index contributed by atoms with van der Waals surface area (Å²) in [7, 11) is -2.21. The molecule has 13 heteroatoms. The number of aromatic hydroxyl groups is 1. The second-order valence-corrected chi connectivity index (χ2v) is 24.2. The lowest BCUT2D eigenvalue weighted by Crippen LogP contribution is -2.47. The number of H-pyrrole nitrogens is 1. The molecule has 1 saturated carbocycles. The normalized spacial score (nSPS) is 16.3. The summed E-state index contributed by atoms with van der Waals surface area (Å²) in [5.74, 6) is 0.792. The average Bonchev–Trinajstić information content (AvgIpc) is 3.24. The fraction of sp³-hybridized carbons (Fsp3) is 0.404. The molecule has 6 rings (SSSR count). The highest BCUT2D eigenvalue weighted by Gasteiger charge is 2.40. The number of aromatic amines is 1. The first-order valence-electron chi connectivity index (χ1n) is 22.6. The maximum atomic E-state index is 12.9. The Bertz CT molecular complexity index is 2480. The minimum Gasteiger partial charge on any atom is -0.506 e. The first kappa shape index (κ1) is 48.6. The fourth-order valence-electron chi connectivity index (χ4n) is 7.93. The van der Waals surface area contributed by atoms with Gasteiger partial charge < -0.3 is 39.7 Å². The van der Waals surface area contributed by atoms with Crippen molar-refractivity contribution < 1.29 is 33.7 Å². The number of pyridine rings is 1. The molecule has 65 heavy (non-hydrogen) atoms. The summed E-state index contributed by atoms with van der Waals surface area (Å²) in [5.41, 5.74) is 4.88. The second kappa shape index (κ2) is 20.9. The van der Waals surface area contributed by atoms with E-state index in [0.717, 1.165) is 39.0 Å². The zero-order chi connectivity index (χ0) is 46.9. The Morgan fingerprint density at radius 3 is 2.28 bits per heavy atom. The van der Waals surface area contributed by atoms with E-state index < -0.39 is 26.1 Å². The van der Waals surface area contributed by atoms with Gasteiger partial charge in [0.05, 0.1) is 23.9 Å². The van der Waals surface area contributed by atoms with Crippen LogP contribution < -0.4 is 25.8 Å². The van der Waals surface area contributed by atoms with Crippen LogP contribution in [0.2, 0.25) is 18.1 Å². The molecule has 12 nitrogen and oxygen atoms in total. The number of hydrogen-bond donors (Lipinski definition) is 5. The number of amides is 2. The van der Waals surface area contributed by atoms with E-state index in [4.69, 9.17) is 13.9 Å². The number of fused-ring (bicyclic) bond motifs is 1. The molecule has 0 radical (unpaired) electrons. The van der Waals surface area contributed by atoms with Crippen LogP contribution in [0.5, 0.6) is 11.5 Å². The van der Waals surface area contributed by atoms with Gasteiger partial charge in [-0.25, -0.2) is 9.59 Å². The number of hydrogen-bond acceptors (Lipinski definition) is 8. The van der Waals surface area contributed by atoms with Crippen molar-refractivity contribution in [2.45, 2.75) is 122 Å². The van der Waals surface area contributed by atoms with E-state index in [1.165, 1.54) is 11.0 Å². The summed E-state index contributed by atoms with van der Waals surface area (Å²) in [4.78, 5) is 41.7. The van der Waals surface area contributed by atoms with Crippen LogP contribution in [-0.2, 0) is 15.7 Å². The predicted octanol–water partition coefficient (Wildman–Crippen LogP) is 11.6. The van der Waals surface area contributed by atoms with Gasteiger partial charge in [-0.1, -0.05) is 87.5 Å². The van der Waals surface area contributed by atoms with Gasteiger partial charge in [0, 0.05) is 42.2 Å². The van der Waals surface area contributed by atoms with E-state index >= 15 is 0 Å². The van der Waals surface area contributed by atoms with Gasteiger partial charge in [0.25, 0.3) is 0 Å². The lowest BCUT2D eigenvalue weighted by Gasteiger charge is -2.39. The van der Waals surface area contributed by atoms with Crippen molar-refractivity contribution >= 4 is 43.2 Å². The number of benzene rings is 4. The molecule has 346 valence electrons. The molecule has 1 aromatic heterocycles. The van der Waals surface area contributed by atoms with Crippen molar-refractivity contribution in [1.82, 2.24) is 15.6 Å². The van der Waals surface area contributed by atoms with Gasteiger partial charge in [0.2, 0.25) is 5.56 Å². The van der Waals surface area contributed by atoms with E-state index in [9.17, 15) is 24.6 Å². The van der Waals surface area contributed by atoms with Gasteiger partial charge in [-0.15, -0.1) is 0 Å². The van der Waals surface area contributed by atoms with E-state index in [1.54, 1.807) is 12.1 Å². The third kappa shape index (κ3) is 13.1. The third-order valence-electron chi connectivity index (χ3n) is 12.3. The maximum Gasteiger partial charge on any atom is 0.412 e. The Morgan fingerprint density at radius 2 is 1.62 bits per heavy atom. The zero-order valence-electron chi connectivity index (χ0n) is 39.1. The van der Waals surface area contributed by atoms with Crippen molar-refractivity contribution in [3.63, 3.8) is 0 Å². The van der Waals surface area contributed by atoms with Crippen LogP contribution in [0.15, 0.2) is 108 Å². The number of ether oxygens (including phenoxy) is 2. The molecule has 0 unspecified atom stereocenters. The monoisotopic (exact) mass is 902 g/mol. The largest absolute Gasteiger partial charge is 0.506 e. The minimum absolute atomic E-state index is 0.0196. The summed E-state index contributed by atoms with van der Waals surface area (Å²) in [6.07, 6.45) is 5.54. The summed E-state index contributed by atoms with van der Waals surface area (Å²) in [5, 5.41) is 28.4. The maximum absolute atomic E-state index is 12.9. The number of carboxylic acid groups (broad SMARTS) is 1. The summed E-state index contributed by atoms with van der Waals surface area (Å²) >= 11 is 0. The smallest absolute Gasteiger partial charge is 0.412 e. The molecule has 1 aliphatic carbocycles. The van der Waals surface area contributed by atoms with Crippen LogP contribution in [0.1, 0.15) is 96.4 Å². The number of anilines is 1. The molecule has 0 aliphatic heterocycles. The number of alkyl carbamates (subject to hydrolysis) is 1. The molecular weight excluding hydrogens is 837 g/mol. The van der Waals surface area contributed by atoms with Crippen molar-refractivity contribution in [3.05, 3.63) is 130 Å². The molecule has 2 amide bonds. The van der Waals surface area contributed by atoms with E-state index in [1.807, 2.05) is 106 Å². The van der Waals surface area contributed by atoms with Crippen LogP contribution in [0.3, 0.4) is 0 Å². The number of carbonyl (C=O) groups excluding carboxylic acids is 1. The molecule has 1 aliphatic rings. The van der Waals surface area contributed by atoms with Gasteiger partial charge in [-0.05, 0) is 130 Å². The van der Waals surface area contributed by atoms with Crippen LogP contribution in [-0.4, -0.2) is 66.5 Å². The Kier molecular flexibility index (Phi) is 15.7. The van der Waals surface area contributed by atoms with Gasteiger partial charge in [-0.2, -0.15) is 0 Å². The average molecular weight is 903 g/mol.